The molecule has 0 atom stereocenters. The first kappa shape index (κ1) is 20.4. The van der Waals surface area contributed by atoms with Crippen molar-refractivity contribution < 1.29 is 9.47 Å². The zero-order valence-corrected chi connectivity index (χ0v) is 17.8. The summed E-state index contributed by atoms with van der Waals surface area (Å²) < 4.78 is 12.0. The molecule has 2 aromatic heterocycles. The molecule has 1 aromatic carbocycles. The molecule has 2 fully saturated rings. The Balaban J connectivity index is 1.27. The van der Waals surface area contributed by atoms with Crippen LogP contribution >= 0.6 is 0 Å². The zero-order chi connectivity index (χ0) is 21.8. The highest BCUT2D eigenvalue weighted by atomic mass is 16.5. The molecule has 0 bridgehead atoms. The van der Waals surface area contributed by atoms with Crippen molar-refractivity contribution in [2.24, 2.45) is 0 Å². The van der Waals surface area contributed by atoms with Gasteiger partial charge in [0, 0.05) is 49.5 Å². The third kappa shape index (κ3) is 4.55. The van der Waals surface area contributed by atoms with E-state index in [0.717, 1.165) is 74.5 Å². The summed E-state index contributed by atoms with van der Waals surface area (Å²) in [4.78, 5) is 19.8. The van der Waals surface area contributed by atoms with Crippen molar-refractivity contribution in [1.29, 1.82) is 5.26 Å². The molecule has 1 N–H and O–H groups in total. The van der Waals surface area contributed by atoms with E-state index in [1.165, 1.54) is 0 Å². The summed E-state index contributed by atoms with van der Waals surface area (Å²) >= 11 is 0. The Bertz CT molecular complexity index is 1120. The second-order valence-electron chi connectivity index (χ2n) is 8.08. The highest BCUT2D eigenvalue weighted by Crippen LogP contribution is 2.33. The van der Waals surface area contributed by atoms with Crippen LogP contribution in [0.15, 0.2) is 36.8 Å². The van der Waals surface area contributed by atoms with Crippen LogP contribution in [0.3, 0.4) is 0 Å². The van der Waals surface area contributed by atoms with Crippen LogP contribution in [0.4, 0.5) is 11.6 Å². The van der Waals surface area contributed by atoms with Gasteiger partial charge in [-0.2, -0.15) is 5.26 Å². The summed E-state index contributed by atoms with van der Waals surface area (Å²) in [6.07, 6.45) is 8.86. The van der Waals surface area contributed by atoms with Crippen molar-refractivity contribution in [3.8, 4) is 11.8 Å². The number of hydrogen-bond acceptors (Lipinski definition) is 9. The van der Waals surface area contributed by atoms with Gasteiger partial charge in [-0.15, -0.1) is 0 Å². The molecule has 3 heterocycles. The van der Waals surface area contributed by atoms with Gasteiger partial charge in [0.1, 0.15) is 23.0 Å². The lowest BCUT2D eigenvalue weighted by atomic mass is 9.93. The van der Waals surface area contributed by atoms with Gasteiger partial charge in [-0.05, 0) is 37.8 Å². The van der Waals surface area contributed by atoms with E-state index in [9.17, 15) is 0 Å². The molecule has 3 aromatic rings. The quantitative estimate of drug-likeness (QED) is 0.652. The molecule has 32 heavy (non-hydrogen) atoms. The van der Waals surface area contributed by atoms with E-state index in [-0.39, 0.29) is 12.1 Å². The van der Waals surface area contributed by atoms with Crippen molar-refractivity contribution in [2.45, 2.75) is 37.8 Å². The second kappa shape index (κ2) is 9.32. The summed E-state index contributed by atoms with van der Waals surface area (Å²) in [7, 11) is 0. The van der Waals surface area contributed by atoms with Gasteiger partial charge in [0.05, 0.1) is 24.8 Å². The fourth-order valence-corrected chi connectivity index (χ4v) is 4.30. The lowest BCUT2D eigenvalue weighted by Crippen LogP contribution is -2.36. The number of rotatable bonds is 5. The third-order valence-electron chi connectivity index (χ3n) is 5.97. The molecule has 9 nitrogen and oxygen atoms in total. The molecule has 1 aliphatic heterocycles. The molecule has 5 rings (SSSR count). The smallest absolute Gasteiger partial charge is 0.224 e. The molecule has 1 saturated carbocycles. The molecule has 0 unspecified atom stereocenters. The standard InChI is InChI=1S/C23H25N7O2/c24-15-17-5-6-27-23(29-17)28-16-1-3-19(4-2-16)32-21-14-18(30-9-11-31-12-10-30)13-20-22(21)26-8-7-25-20/h5-8,13-14,16,19H,1-4,9-12H2,(H,27,28,29)/t16-,19+. The van der Waals surface area contributed by atoms with E-state index in [1.807, 2.05) is 6.07 Å². The van der Waals surface area contributed by atoms with Gasteiger partial charge in [0.2, 0.25) is 5.95 Å². The highest BCUT2D eigenvalue weighted by Gasteiger charge is 2.24. The van der Waals surface area contributed by atoms with Crippen LogP contribution in [0.1, 0.15) is 31.4 Å². The first-order chi connectivity index (χ1) is 15.8. The molecule has 1 aliphatic carbocycles. The largest absolute Gasteiger partial charge is 0.488 e. The van der Waals surface area contributed by atoms with Crippen molar-refractivity contribution in [2.75, 3.05) is 36.5 Å². The van der Waals surface area contributed by atoms with Gasteiger partial charge in [-0.1, -0.05) is 0 Å². The number of hydrogen-bond donors (Lipinski definition) is 1. The van der Waals surface area contributed by atoms with E-state index in [1.54, 1.807) is 24.7 Å². The van der Waals surface area contributed by atoms with Crippen LogP contribution in [0.25, 0.3) is 11.0 Å². The van der Waals surface area contributed by atoms with Crippen molar-refractivity contribution in [1.82, 2.24) is 19.9 Å². The number of nitriles is 1. The minimum absolute atomic E-state index is 0.115. The fraction of sp³-hybridized carbons (Fsp3) is 0.435. The van der Waals surface area contributed by atoms with Crippen LogP contribution < -0.4 is 15.0 Å². The molecular formula is C23H25N7O2. The number of benzene rings is 1. The molecule has 1 saturated heterocycles. The molecular weight excluding hydrogens is 406 g/mol. The van der Waals surface area contributed by atoms with Crippen LogP contribution in [-0.4, -0.2) is 58.4 Å². The number of morpholine rings is 1. The monoisotopic (exact) mass is 431 g/mol. The van der Waals surface area contributed by atoms with Crippen LogP contribution in [-0.2, 0) is 4.74 Å². The first-order valence-electron chi connectivity index (χ1n) is 11.0. The number of aromatic nitrogens is 4. The highest BCUT2D eigenvalue weighted by molar-refractivity contribution is 5.85. The van der Waals surface area contributed by atoms with Gasteiger partial charge >= 0.3 is 0 Å². The molecule has 2 aliphatic rings. The summed E-state index contributed by atoms with van der Waals surface area (Å²) in [5.41, 5.74) is 3.11. The number of fused-ring (bicyclic) bond motifs is 1. The van der Waals surface area contributed by atoms with Crippen LogP contribution in [0.5, 0.6) is 5.75 Å². The van der Waals surface area contributed by atoms with Gasteiger partial charge in [-0.25, -0.2) is 15.0 Å². The van der Waals surface area contributed by atoms with Crippen molar-refractivity contribution in [3.63, 3.8) is 0 Å². The SMILES string of the molecule is N#Cc1ccnc(N[C@H]2CC[C@@H](Oc3cc(N4CCOCC4)cc4nccnc34)CC2)n1. The van der Waals surface area contributed by atoms with E-state index in [0.29, 0.717) is 11.6 Å². The lowest BCUT2D eigenvalue weighted by Gasteiger charge is -2.31. The Hall–Kier alpha value is -3.51. The van der Waals surface area contributed by atoms with E-state index in [2.05, 4.69) is 42.3 Å². The minimum Gasteiger partial charge on any atom is -0.488 e. The zero-order valence-electron chi connectivity index (χ0n) is 17.8. The maximum Gasteiger partial charge on any atom is 0.224 e. The fourth-order valence-electron chi connectivity index (χ4n) is 4.30. The molecule has 164 valence electrons. The lowest BCUT2D eigenvalue weighted by molar-refractivity contribution is 0.122. The maximum atomic E-state index is 9.02. The predicted octanol–water partition coefficient (Wildman–Crippen LogP) is 2.93. The Morgan fingerprint density at radius 3 is 2.66 bits per heavy atom. The number of nitrogens with one attached hydrogen (secondary N) is 1. The first-order valence-corrected chi connectivity index (χ1v) is 11.0. The summed E-state index contributed by atoms with van der Waals surface area (Å²) in [5.74, 6) is 1.30. The molecule has 0 radical (unpaired) electrons. The average molecular weight is 432 g/mol. The van der Waals surface area contributed by atoms with Crippen LogP contribution in [0.2, 0.25) is 0 Å². The predicted molar refractivity (Wildman–Crippen MR) is 120 cm³/mol. The minimum atomic E-state index is 0.115. The van der Waals surface area contributed by atoms with Gasteiger partial charge in [-0.3, -0.25) is 4.98 Å². The Morgan fingerprint density at radius 2 is 1.84 bits per heavy atom. The Kier molecular flexibility index (Phi) is 5.94. The van der Waals surface area contributed by atoms with Crippen LogP contribution in [0, 0.1) is 11.3 Å². The van der Waals surface area contributed by atoms with Gasteiger partial charge in [0.15, 0.2) is 0 Å². The van der Waals surface area contributed by atoms with E-state index in [4.69, 9.17) is 14.7 Å². The second-order valence-corrected chi connectivity index (χ2v) is 8.08. The number of ether oxygens (including phenoxy) is 2. The normalized spacial score (nSPS) is 21.2. The maximum absolute atomic E-state index is 9.02. The van der Waals surface area contributed by atoms with E-state index >= 15 is 0 Å². The number of nitrogens with zero attached hydrogens (tertiary/aromatic N) is 6. The van der Waals surface area contributed by atoms with E-state index < -0.39 is 0 Å². The summed E-state index contributed by atoms with van der Waals surface area (Å²) in [6.45, 7) is 3.17. The topological polar surface area (TPSA) is 109 Å². The molecule has 0 amide bonds. The Morgan fingerprint density at radius 1 is 1.03 bits per heavy atom. The Labute approximate surface area is 186 Å². The van der Waals surface area contributed by atoms with Gasteiger partial charge in [0.25, 0.3) is 0 Å². The average Bonchev–Trinajstić information content (AvgIpc) is 2.86. The van der Waals surface area contributed by atoms with Crippen molar-refractivity contribution in [3.05, 3.63) is 42.5 Å². The molecule has 9 heteroatoms. The third-order valence-corrected chi connectivity index (χ3v) is 5.97. The van der Waals surface area contributed by atoms with Gasteiger partial charge < -0.3 is 19.7 Å². The summed E-state index contributed by atoms with van der Waals surface area (Å²) in [6, 6.07) is 8.09. The number of anilines is 2. The summed E-state index contributed by atoms with van der Waals surface area (Å²) in [5, 5.41) is 12.4. The van der Waals surface area contributed by atoms with Crippen molar-refractivity contribution >= 4 is 22.7 Å². The molecule has 0 spiro atoms.